The van der Waals surface area contributed by atoms with Crippen LogP contribution in [0, 0.1) is 0 Å². The van der Waals surface area contributed by atoms with Gasteiger partial charge in [0.25, 0.3) is 0 Å². The molecule has 0 saturated heterocycles. The summed E-state index contributed by atoms with van der Waals surface area (Å²) in [6.45, 7) is 2.15. The highest BCUT2D eigenvalue weighted by Crippen LogP contribution is 2.27. The number of para-hydroxylation sites is 1. The number of H-pyrrole nitrogens is 1. The zero-order valence-corrected chi connectivity index (χ0v) is 11.2. The van der Waals surface area contributed by atoms with Gasteiger partial charge in [-0.1, -0.05) is 31.2 Å². The van der Waals surface area contributed by atoms with E-state index in [0.717, 1.165) is 23.4 Å². The van der Waals surface area contributed by atoms with Crippen LogP contribution in [0.4, 0.5) is 11.4 Å². The Balaban J connectivity index is 1.95. The first kappa shape index (κ1) is 12.3. The van der Waals surface area contributed by atoms with Gasteiger partial charge in [0.1, 0.15) is 0 Å². The van der Waals surface area contributed by atoms with Gasteiger partial charge in [-0.15, -0.1) is 10.2 Å². The zero-order valence-electron chi connectivity index (χ0n) is 11.2. The molecule has 0 aliphatic heterocycles. The van der Waals surface area contributed by atoms with Gasteiger partial charge in [0, 0.05) is 16.9 Å². The molecular weight excluding hydrogens is 250 g/mol. The lowest BCUT2D eigenvalue weighted by Crippen LogP contribution is -1.95. The summed E-state index contributed by atoms with van der Waals surface area (Å²) in [5.41, 5.74) is 4.23. The first-order valence-corrected chi connectivity index (χ1v) is 6.55. The van der Waals surface area contributed by atoms with Crippen molar-refractivity contribution in [1.29, 1.82) is 0 Å². The Labute approximate surface area is 117 Å². The normalized spacial score (nSPS) is 10.4. The summed E-state index contributed by atoms with van der Waals surface area (Å²) in [6.07, 6.45) is 1.02. The van der Waals surface area contributed by atoms with Crippen LogP contribution in [0.2, 0.25) is 0 Å². The standard InChI is InChI=1S/C15H15N5/c1-2-11-6-5-7-12(10-11)16-14-9-4-3-8-13(14)15-17-19-20-18-15/h3-10,16H,2H2,1H3,(H,17,18,19,20). The summed E-state index contributed by atoms with van der Waals surface area (Å²) in [5, 5.41) is 17.6. The molecule has 5 heteroatoms. The highest BCUT2D eigenvalue weighted by atomic mass is 15.5. The molecule has 0 aliphatic rings. The second kappa shape index (κ2) is 5.52. The van der Waals surface area contributed by atoms with E-state index in [-0.39, 0.29) is 0 Å². The molecule has 20 heavy (non-hydrogen) atoms. The Morgan fingerprint density at radius 3 is 2.80 bits per heavy atom. The number of nitrogens with zero attached hydrogens (tertiary/aromatic N) is 3. The number of aromatic amines is 1. The summed E-state index contributed by atoms with van der Waals surface area (Å²) in [6, 6.07) is 16.3. The molecule has 1 heterocycles. The number of benzene rings is 2. The second-order valence-corrected chi connectivity index (χ2v) is 4.46. The SMILES string of the molecule is CCc1cccc(Nc2ccccc2-c2nn[nH]n2)c1. The van der Waals surface area contributed by atoms with Crippen molar-refractivity contribution in [3.63, 3.8) is 0 Å². The Hall–Kier alpha value is -2.69. The van der Waals surface area contributed by atoms with Gasteiger partial charge in [-0.25, -0.2) is 0 Å². The minimum Gasteiger partial charge on any atom is -0.355 e. The van der Waals surface area contributed by atoms with Gasteiger partial charge < -0.3 is 5.32 Å². The van der Waals surface area contributed by atoms with Gasteiger partial charge in [-0.3, -0.25) is 0 Å². The topological polar surface area (TPSA) is 66.5 Å². The van der Waals surface area contributed by atoms with Crippen molar-refractivity contribution in [3.8, 4) is 11.4 Å². The fourth-order valence-electron chi connectivity index (χ4n) is 2.09. The maximum atomic E-state index is 4.04. The average Bonchev–Trinajstić information content (AvgIpc) is 3.02. The molecule has 2 aromatic carbocycles. The van der Waals surface area contributed by atoms with Gasteiger partial charge in [-0.05, 0) is 41.5 Å². The van der Waals surface area contributed by atoms with E-state index in [1.54, 1.807) is 0 Å². The number of tetrazole rings is 1. The number of aromatic nitrogens is 4. The van der Waals surface area contributed by atoms with Crippen LogP contribution in [-0.2, 0) is 6.42 Å². The maximum absolute atomic E-state index is 4.04. The van der Waals surface area contributed by atoms with E-state index in [4.69, 9.17) is 0 Å². The molecule has 1 aromatic heterocycles. The van der Waals surface area contributed by atoms with Gasteiger partial charge >= 0.3 is 0 Å². The number of anilines is 2. The van der Waals surface area contributed by atoms with Crippen molar-refractivity contribution in [1.82, 2.24) is 20.6 Å². The second-order valence-electron chi connectivity index (χ2n) is 4.46. The van der Waals surface area contributed by atoms with Crippen LogP contribution in [0.25, 0.3) is 11.4 Å². The largest absolute Gasteiger partial charge is 0.355 e. The summed E-state index contributed by atoms with van der Waals surface area (Å²) < 4.78 is 0. The van der Waals surface area contributed by atoms with Gasteiger partial charge in [0.2, 0.25) is 5.82 Å². The van der Waals surface area contributed by atoms with Gasteiger partial charge in [-0.2, -0.15) is 5.21 Å². The number of hydrogen-bond acceptors (Lipinski definition) is 4. The van der Waals surface area contributed by atoms with E-state index in [1.165, 1.54) is 5.56 Å². The van der Waals surface area contributed by atoms with Crippen molar-refractivity contribution in [2.75, 3.05) is 5.32 Å². The average molecular weight is 265 g/mol. The maximum Gasteiger partial charge on any atom is 0.206 e. The Kier molecular flexibility index (Phi) is 3.41. The molecule has 0 aliphatic carbocycles. The molecule has 0 amide bonds. The number of nitrogens with one attached hydrogen (secondary N) is 2. The lowest BCUT2D eigenvalue weighted by molar-refractivity contribution is 0.881. The molecule has 3 aromatic rings. The molecule has 0 bridgehead atoms. The van der Waals surface area contributed by atoms with Crippen LogP contribution in [0.3, 0.4) is 0 Å². The molecule has 0 saturated carbocycles. The van der Waals surface area contributed by atoms with Crippen molar-refractivity contribution < 1.29 is 0 Å². The van der Waals surface area contributed by atoms with E-state index in [2.05, 4.69) is 51.1 Å². The Bertz CT molecular complexity index is 691. The fraction of sp³-hybridized carbons (Fsp3) is 0.133. The zero-order chi connectivity index (χ0) is 13.8. The summed E-state index contributed by atoms with van der Waals surface area (Å²) in [7, 11) is 0. The third-order valence-corrected chi connectivity index (χ3v) is 3.13. The van der Waals surface area contributed by atoms with E-state index < -0.39 is 0 Å². The third kappa shape index (κ3) is 2.51. The molecule has 0 spiro atoms. The molecule has 0 radical (unpaired) electrons. The predicted molar refractivity (Wildman–Crippen MR) is 78.7 cm³/mol. The highest BCUT2D eigenvalue weighted by molar-refractivity contribution is 5.77. The molecular formula is C15H15N5. The van der Waals surface area contributed by atoms with E-state index in [0.29, 0.717) is 5.82 Å². The van der Waals surface area contributed by atoms with Crippen LogP contribution in [0.15, 0.2) is 48.5 Å². The smallest absolute Gasteiger partial charge is 0.206 e. The van der Waals surface area contributed by atoms with E-state index in [9.17, 15) is 0 Å². The van der Waals surface area contributed by atoms with Crippen LogP contribution in [0.5, 0.6) is 0 Å². The molecule has 0 unspecified atom stereocenters. The number of rotatable bonds is 4. The first-order chi connectivity index (χ1) is 9.86. The third-order valence-electron chi connectivity index (χ3n) is 3.13. The fourth-order valence-corrected chi connectivity index (χ4v) is 2.09. The molecule has 0 fully saturated rings. The van der Waals surface area contributed by atoms with Crippen molar-refractivity contribution in [2.24, 2.45) is 0 Å². The van der Waals surface area contributed by atoms with E-state index in [1.807, 2.05) is 30.3 Å². The lowest BCUT2D eigenvalue weighted by Gasteiger charge is -2.10. The van der Waals surface area contributed by atoms with Gasteiger partial charge in [0.05, 0.1) is 0 Å². The Morgan fingerprint density at radius 1 is 1.10 bits per heavy atom. The first-order valence-electron chi connectivity index (χ1n) is 6.55. The quantitative estimate of drug-likeness (QED) is 0.760. The minimum atomic E-state index is 0.583. The lowest BCUT2D eigenvalue weighted by atomic mass is 10.1. The van der Waals surface area contributed by atoms with Crippen LogP contribution in [-0.4, -0.2) is 20.6 Å². The number of hydrogen-bond donors (Lipinski definition) is 2. The Morgan fingerprint density at radius 2 is 2.00 bits per heavy atom. The van der Waals surface area contributed by atoms with Crippen LogP contribution >= 0.6 is 0 Å². The van der Waals surface area contributed by atoms with Crippen molar-refractivity contribution in [3.05, 3.63) is 54.1 Å². The van der Waals surface area contributed by atoms with Gasteiger partial charge in [0.15, 0.2) is 0 Å². The predicted octanol–water partition coefficient (Wildman–Crippen LogP) is 3.17. The summed E-state index contributed by atoms with van der Waals surface area (Å²) in [5.74, 6) is 0.583. The highest BCUT2D eigenvalue weighted by Gasteiger charge is 2.08. The van der Waals surface area contributed by atoms with E-state index >= 15 is 0 Å². The van der Waals surface area contributed by atoms with Crippen LogP contribution < -0.4 is 5.32 Å². The minimum absolute atomic E-state index is 0.583. The van der Waals surface area contributed by atoms with Crippen molar-refractivity contribution >= 4 is 11.4 Å². The molecule has 2 N–H and O–H groups in total. The summed E-state index contributed by atoms with van der Waals surface area (Å²) >= 11 is 0. The molecule has 5 nitrogen and oxygen atoms in total. The summed E-state index contributed by atoms with van der Waals surface area (Å²) in [4.78, 5) is 0. The van der Waals surface area contributed by atoms with Crippen LogP contribution in [0.1, 0.15) is 12.5 Å². The molecule has 0 atom stereocenters. The molecule has 3 rings (SSSR count). The van der Waals surface area contributed by atoms with Crippen molar-refractivity contribution in [2.45, 2.75) is 13.3 Å². The monoisotopic (exact) mass is 265 g/mol. The molecule has 100 valence electrons. The number of aryl methyl sites for hydroxylation is 1.